The summed E-state index contributed by atoms with van der Waals surface area (Å²) < 4.78 is 1.89. The number of aromatic nitrogens is 3. The van der Waals surface area contributed by atoms with Crippen LogP contribution in [0, 0.1) is 11.8 Å². The monoisotopic (exact) mass is 326 g/mol. The molecule has 1 fully saturated rings. The van der Waals surface area contributed by atoms with Crippen molar-refractivity contribution >= 4 is 11.6 Å². The van der Waals surface area contributed by atoms with E-state index in [2.05, 4.69) is 29.2 Å². The fourth-order valence-electron chi connectivity index (χ4n) is 4.14. The van der Waals surface area contributed by atoms with Gasteiger partial charge in [0, 0.05) is 17.9 Å². The van der Waals surface area contributed by atoms with Crippen molar-refractivity contribution in [1.82, 2.24) is 19.9 Å². The number of nitrogens with zero attached hydrogens (tertiary/aromatic N) is 3. The van der Waals surface area contributed by atoms with E-state index < -0.39 is 0 Å². The maximum atomic E-state index is 12.7. The standard InChI is InChI=1S/C19H26N4O/c1-12-3-6-15(7-4-12)22-19(24)16-11-21-23-17-8-5-13(2)9-14(17)10-20-18(16)23/h10-13,15H,3-9H2,1-2H3,(H,22,24)/t12?,13-,15?/m1/s1. The molecule has 0 radical (unpaired) electrons. The molecule has 1 atom stereocenters. The average molecular weight is 326 g/mol. The molecule has 0 aromatic carbocycles. The first-order chi connectivity index (χ1) is 11.6. The minimum absolute atomic E-state index is 0.0267. The van der Waals surface area contributed by atoms with E-state index in [0.29, 0.717) is 23.2 Å². The highest BCUT2D eigenvalue weighted by Crippen LogP contribution is 2.26. The van der Waals surface area contributed by atoms with Crippen molar-refractivity contribution in [2.45, 2.75) is 64.8 Å². The fraction of sp³-hybridized carbons (Fsp3) is 0.632. The van der Waals surface area contributed by atoms with Gasteiger partial charge in [-0.2, -0.15) is 5.10 Å². The van der Waals surface area contributed by atoms with Gasteiger partial charge in [-0.25, -0.2) is 9.50 Å². The van der Waals surface area contributed by atoms with Gasteiger partial charge in [-0.3, -0.25) is 4.79 Å². The predicted molar refractivity (Wildman–Crippen MR) is 93.1 cm³/mol. The van der Waals surface area contributed by atoms with Crippen molar-refractivity contribution in [1.29, 1.82) is 0 Å². The van der Waals surface area contributed by atoms with Gasteiger partial charge in [0.05, 0.1) is 6.20 Å². The Hall–Kier alpha value is -1.91. The lowest BCUT2D eigenvalue weighted by atomic mass is 9.87. The Balaban J connectivity index is 1.57. The zero-order chi connectivity index (χ0) is 16.7. The van der Waals surface area contributed by atoms with Gasteiger partial charge < -0.3 is 5.32 Å². The molecule has 2 aromatic heterocycles. The van der Waals surface area contributed by atoms with E-state index in [-0.39, 0.29) is 5.91 Å². The van der Waals surface area contributed by atoms with Crippen LogP contribution in [0.5, 0.6) is 0 Å². The number of hydrogen-bond donors (Lipinski definition) is 1. The molecule has 128 valence electrons. The summed E-state index contributed by atoms with van der Waals surface area (Å²) in [5, 5.41) is 7.67. The van der Waals surface area contributed by atoms with Crippen LogP contribution in [0.25, 0.3) is 5.65 Å². The molecule has 1 amide bonds. The molecule has 1 saturated carbocycles. The van der Waals surface area contributed by atoms with E-state index in [9.17, 15) is 4.79 Å². The topological polar surface area (TPSA) is 59.3 Å². The Morgan fingerprint density at radius 1 is 1.12 bits per heavy atom. The molecule has 2 heterocycles. The minimum atomic E-state index is -0.0267. The number of hydrogen-bond acceptors (Lipinski definition) is 3. The second-order valence-corrected chi connectivity index (χ2v) is 7.80. The predicted octanol–water partition coefficient (Wildman–Crippen LogP) is 3.16. The number of aryl methyl sites for hydroxylation is 1. The van der Waals surface area contributed by atoms with E-state index in [1.165, 1.54) is 30.5 Å². The van der Waals surface area contributed by atoms with Crippen LogP contribution < -0.4 is 5.32 Å². The van der Waals surface area contributed by atoms with Crippen molar-refractivity contribution in [3.8, 4) is 0 Å². The van der Waals surface area contributed by atoms with Gasteiger partial charge in [-0.15, -0.1) is 0 Å². The maximum absolute atomic E-state index is 12.7. The van der Waals surface area contributed by atoms with Crippen LogP contribution in [0.3, 0.4) is 0 Å². The smallest absolute Gasteiger partial charge is 0.256 e. The quantitative estimate of drug-likeness (QED) is 0.922. The second-order valence-electron chi connectivity index (χ2n) is 7.80. The molecule has 0 saturated heterocycles. The van der Waals surface area contributed by atoms with Crippen molar-refractivity contribution in [2.24, 2.45) is 11.8 Å². The number of fused-ring (bicyclic) bond motifs is 3. The molecular formula is C19H26N4O. The van der Waals surface area contributed by atoms with Crippen LogP contribution in [-0.4, -0.2) is 26.5 Å². The zero-order valence-corrected chi connectivity index (χ0v) is 14.6. The Labute approximate surface area is 142 Å². The van der Waals surface area contributed by atoms with Crippen molar-refractivity contribution < 1.29 is 4.79 Å². The first-order valence-electron chi connectivity index (χ1n) is 9.27. The summed E-state index contributed by atoms with van der Waals surface area (Å²) in [6, 6.07) is 0.294. The summed E-state index contributed by atoms with van der Waals surface area (Å²) >= 11 is 0. The lowest BCUT2D eigenvalue weighted by Gasteiger charge is -2.26. The number of carbonyl (C=O) groups excluding carboxylic acids is 1. The van der Waals surface area contributed by atoms with E-state index in [1.807, 2.05) is 10.7 Å². The molecule has 24 heavy (non-hydrogen) atoms. The molecule has 4 rings (SSSR count). The molecule has 0 spiro atoms. The van der Waals surface area contributed by atoms with Crippen LogP contribution in [0.1, 0.15) is 67.6 Å². The Kier molecular flexibility index (Phi) is 4.02. The molecular weight excluding hydrogens is 300 g/mol. The van der Waals surface area contributed by atoms with Gasteiger partial charge in [-0.1, -0.05) is 13.8 Å². The molecule has 2 aromatic rings. The van der Waals surface area contributed by atoms with Crippen LogP contribution in [0.4, 0.5) is 0 Å². The zero-order valence-electron chi connectivity index (χ0n) is 14.6. The molecule has 0 aliphatic heterocycles. The van der Waals surface area contributed by atoms with Gasteiger partial charge in [0.15, 0.2) is 5.65 Å². The van der Waals surface area contributed by atoms with Gasteiger partial charge in [0.25, 0.3) is 5.91 Å². The first kappa shape index (κ1) is 15.6. The van der Waals surface area contributed by atoms with Crippen LogP contribution in [0.15, 0.2) is 12.4 Å². The van der Waals surface area contributed by atoms with Crippen LogP contribution in [0.2, 0.25) is 0 Å². The molecule has 0 unspecified atom stereocenters. The summed E-state index contributed by atoms with van der Waals surface area (Å²) in [6.45, 7) is 4.57. The van der Waals surface area contributed by atoms with Gasteiger partial charge in [0.1, 0.15) is 5.56 Å². The Morgan fingerprint density at radius 3 is 2.71 bits per heavy atom. The number of rotatable bonds is 2. The Morgan fingerprint density at radius 2 is 1.92 bits per heavy atom. The van der Waals surface area contributed by atoms with Crippen LogP contribution >= 0.6 is 0 Å². The van der Waals surface area contributed by atoms with E-state index in [1.54, 1.807) is 6.20 Å². The SMILES string of the molecule is CC1CCC(NC(=O)c2cnn3c4c(cnc23)C[C@H](C)CC4)CC1. The van der Waals surface area contributed by atoms with Crippen molar-refractivity contribution in [3.63, 3.8) is 0 Å². The average Bonchev–Trinajstić information content (AvgIpc) is 3.01. The molecule has 0 bridgehead atoms. The van der Waals surface area contributed by atoms with Gasteiger partial charge in [-0.05, 0) is 62.3 Å². The highest BCUT2D eigenvalue weighted by molar-refractivity contribution is 5.99. The number of amides is 1. The number of nitrogens with one attached hydrogen (secondary N) is 1. The van der Waals surface area contributed by atoms with Crippen LogP contribution in [-0.2, 0) is 12.8 Å². The number of carbonyl (C=O) groups is 1. The second kappa shape index (κ2) is 6.19. The van der Waals surface area contributed by atoms with E-state index in [4.69, 9.17) is 0 Å². The third kappa shape index (κ3) is 2.80. The largest absolute Gasteiger partial charge is 0.349 e. The van der Waals surface area contributed by atoms with Crippen molar-refractivity contribution in [2.75, 3.05) is 0 Å². The first-order valence-corrected chi connectivity index (χ1v) is 9.27. The molecule has 1 N–H and O–H groups in total. The maximum Gasteiger partial charge on any atom is 0.256 e. The third-order valence-corrected chi connectivity index (χ3v) is 5.75. The van der Waals surface area contributed by atoms with Crippen molar-refractivity contribution in [3.05, 3.63) is 29.2 Å². The highest BCUT2D eigenvalue weighted by Gasteiger charge is 2.24. The molecule has 2 aliphatic rings. The summed E-state index contributed by atoms with van der Waals surface area (Å²) in [7, 11) is 0. The summed E-state index contributed by atoms with van der Waals surface area (Å²) in [5.41, 5.74) is 3.81. The summed E-state index contributed by atoms with van der Waals surface area (Å²) in [6.07, 6.45) is 11.4. The molecule has 5 heteroatoms. The minimum Gasteiger partial charge on any atom is -0.349 e. The van der Waals surface area contributed by atoms with Gasteiger partial charge >= 0.3 is 0 Å². The summed E-state index contributed by atoms with van der Waals surface area (Å²) in [5.74, 6) is 1.45. The fourth-order valence-corrected chi connectivity index (χ4v) is 4.14. The summed E-state index contributed by atoms with van der Waals surface area (Å²) in [4.78, 5) is 17.2. The normalized spacial score (nSPS) is 27.0. The Bertz CT molecular complexity index is 758. The molecule has 5 nitrogen and oxygen atoms in total. The van der Waals surface area contributed by atoms with Gasteiger partial charge in [0.2, 0.25) is 0 Å². The van der Waals surface area contributed by atoms with E-state index in [0.717, 1.165) is 31.6 Å². The third-order valence-electron chi connectivity index (χ3n) is 5.75. The lowest BCUT2D eigenvalue weighted by Crippen LogP contribution is -2.37. The highest BCUT2D eigenvalue weighted by atomic mass is 16.1. The molecule has 2 aliphatic carbocycles. The lowest BCUT2D eigenvalue weighted by molar-refractivity contribution is 0.0924. The van der Waals surface area contributed by atoms with E-state index >= 15 is 0 Å².